The Kier molecular flexibility index (Phi) is 5.42. The van der Waals surface area contributed by atoms with E-state index in [1.165, 1.54) is 32.1 Å². The number of nitrogens with one attached hydrogen (secondary N) is 1. The lowest BCUT2D eigenvalue weighted by molar-refractivity contribution is 0.0483. The topological polar surface area (TPSA) is 55.8 Å². The molecule has 2 heterocycles. The fourth-order valence-electron chi connectivity index (χ4n) is 5.18. The SMILES string of the molecule is O=C(NC1(CN2CCCC2)CCCCC1)N1CCC(O)(c2ccccc2)C1. The lowest BCUT2D eigenvalue weighted by Gasteiger charge is -2.41. The van der Waals surface area contributed by atoms with Gasteiger partial charge in [-0.2, -0.15) is 0 Å². The number of carbonyl (C=O) groups excluding carboxylic acids is 1. The number of aliphatic hydroxyl groups is 1. The molecular weight excluding hydrogens is 338 g/mol. The van der Waals surface area contributed by atoms with Crippen molar-refractivity contribution in [2.75, 3.05) is 32.7 Å². The highest BCUT2D eigenvalue weighted by Gasteiger charge is 2.42. The second-order valence-electron chi connectivity index (χ2n) is 8.82. The van der Waals surface area contributed by atoms with Gasteiger partial charge in [0.1, 0.15) is 5.60 Å². The summed E-state index contributed by atoms with van der Waals surface area (Å²) < 4.78 is 0. The van der Waals surface area contributed by atoms with Gasteiger partial charge in [0.25, 0.3) is 0 Å². The van der Waals surface area contributed by atoms with Crippen molar-refractivity contribution in [3.63, 3.8) is 0 Å². The minimum absolute atomic E-state index is 0.00273. The van der Waals surface area contributed by atoms with E-state index in [9.17, 15) is 9.90 Å². The van der Waals surface area contributed by atoms with E-state index in [-0.39, 0.29) is 11.6 Å². The van der Waals surface area contributed by atoms with Gasteiger partial charge in [0.05, 0.1) is 12.1 Å². The second-order valence-corrected chi connectivity index (χ2v) is 8.82. The van der Waals surface area contributed by atoms with Crippen LogP contribution in [0, 0.1) is 0 Å². The number of amides is 2. The van der Waals surface area contributed by atoms with Crippen LogP contribution >= 0.6 is 0 Å². The summed E-state index contributed by atoms with van der Waals surface area (Å²) in [4.78, 5) is 17.4. The Labute approximate surface area is 162 Å². The van der Waals surface area contributed by atoms with Crippen LogP contribution < -0.4 is 5.32 Å². The summed E-state index contributed by atoms with van der Waals surface area (Å²) in [6.45, 7) is 4.29. The third kappa shape index (κ3) is 4.14. The number of rotatable bonds is 4. The summed E-state index contributed by atoms with van der Waals surface area (Å²) in [5.41, 5.74) is -0.106. The Morgan fingerprint density at radius 1 is 0.963 bits per heavy atom. The normalized spacial score (nSPS) is 28.4. The number of urea groups is 1. The van der Waals surface area contributed by atoms with E-state index >= 15 is 0 Å². The van der Waals surface area contributed by atoms with Crippen molar-refractivity contribution >= 4 is 6.03 Å². The van der Waals surface area contributed by atoms with Gasteiger partial charge < -0.3 is 20.2 Å². The summed E-state index contributed by atoms with van der Waals surface area (Å²) in [5, 5.41) is 14.5. The van der Waals surface area contributed by atoms with Crippen LogP contribution in [0.4, 0.5) is 4.79 Å². The summed E-state index contributed by atoms with van der Waals surface area (Å²) in [7, 11) is 0. The van der Waals surface area contributed by atoms with Gasteiger partial charge in [0.2, 0.25) is 0 Å². The monoisotopic (exact) mass is 371 g/mol. The van der Waals surface area contributed by atoms with Crippen molar-refractivity contribution in [1.82, 2.24) is 15.1 Å². The first-order valence-corrected chi connectivity index (χ1v) is 10.7. The van der Waals surface area contributed by atoms with Crippen LogP contribution in [-0.4, -0.2) is 59.2 Å². The first-order valence-electron chi connectivity index (χ1n) is 10.7. The molecule has 1 aromatic rings. The third-order valence-corrected chi connectivity index (χ3v) is 6.75. The highest BCUT2D eigenvalue weighted by Crippen LogP contribution is 2.34. The molecule has 2 saturated heterocycles. The molecule has 1 unspecified atom stereocenters. The molecule has 1 aromatic carbocycles. The van der Waals surface area contributed by atoms with Crippen LogP contribution in [-0.2, 0) is 5.60 Å². The molecule has 4 rings (SSSR count). The van der Waals surface area contributed by atoms with Crippen LogP contribution in [0.25, 0.3) is 0 Å². The van der Waals surface area contributed by atoms with Gasteiger partial charge in [-0.25, -0.2) is 4.79 Å². The standard InChI is InChI=1S/C22H33N3O2/c26-20(25-16-13-22(27,18-25)19-9-3-1-4-10-19)23-21(11-5-2-6-12-21)17-24-14-7-8-15-24/h1,3-4,9-10,27H,2,5-8,11-18H2,(H,23,26). The zero-order valence-electron chi connectivity index (χ0n) is 16.3. The maximum absolute atomic E-state index is 13.1. The molecule has 27 heavy (non-hydrogen) atoms. The molecule has 1 saturated carbocycles. The molecule has 0 radical (unpaired) electrons. The van der Waals surface area contributed by atoms with E-state index in [0.717, 1.165) is 38.0 Å². The van der Waals surface area contributed by atoms with Crippen molar-refractivity contribution in [2.45, 2.75) is 62.5 Å². The van der Waals surface area contributed by atoms with Gasteiger partial charge in [-0.1, -0.05) is 49.6 Å². The van der Waals surface area contributed by atoms with Crippen LogP contribution in [0.15, 0.2) is 30.3 Å². The number of carbonyl (C=O) groups is 1. The van der Waals surface area contributed by atoms with Crippen molar-refractivity contribution < 1.29 is 9.90 Å². The van der Waals surface area contributed by atoms with Gasteiger partial charge in [-0.05, 0) is 50.8 Å². The maximum Gasteiger partial charge on any atom is 0.317 e. The fourth-order valence-corrected chi connectivity index (χ4v) is 5.18. The Balaban J connectivity index is 1.42. The fraction of sp³-hybridized carbons (Fsp3) is 0.682. The molecular formula is C22H33N3O2. The van der Waals surface area contributed by atoms with E-state index in [0.29, 0.717) is 19.5 Å². The molecule has 2 aliphatic heterocycles. The summed E-state index contributed by atoms with van der Waals surface area (Å²) in [5.74, 6) is 0. The van der Waals surface area contributed by atoms with E-state index in [2.05, 4.69) is 10.2 Å². The maximum atomic E-state index is 13.1. The lowest BCUT2D eigenvalue weighted by atomic mass is 9.81. The highest BCUT2D eigenvalue weighted by molar-refractivity contribution is 5.75. The predicted octanol–water partition coefficient (Wildman–Crippen LogP) is 3.09. The largest absolute Gasteiger partial charge is 0.383 e. The number of hydrogen-bond acceptors (Lipinski definition) is 3. The molecule has 3 fully saturated rings. The van der Waals surface area contributed by atoms with Gasteiger partial charge in [0.15, 0.2) is 0 Å². The van der Waals surface area contributed by atoms with Gasteiger partial charge >= 0.3 is 6.03 Å². The zero-order valence-corrected chi connectivity index (χ0v) is 16.3. The molecule has 2 amide bonds. The average Bonchev–Trinajstić information content (AvgIpc) is 3.33. The van der Waals surface area contributed by atoms with Crippen molar-refractivity contribution in [1.29, 1.82) is 0 Å². The Hall–Kier alpha value is -1.59. The molecule has 0 spiro atoms. The van der Waals surface area contributed by atoms with E-state index in [4.69, 9.17) is 0 Å². The molecule has 2 N–H and O–H groups in total. The number of β-amino-alcohol motifs (C(OH)–C–C–N with tert-alkyl or cyclic N) is 1. The average molecular weight is 372 g/mol. The lowest BCUT2D eigenvalue weighted by Crippen LogP contribution is -2.59. The van der Waals surface area contributed by atoms with Crippen LogP contribution in [0.2, 0.25) is 0 Å². The van der Waals surface area contributed by atoms with Crippen molar-refractivity contribution in [3.05, 3.63) is 35.9 Å². The van der Waals surface area contributed by atoms with Crippen LogP contribution in [0.5, 0.6) is 0 Å². The molecule has 3 aliphatic rings. The smallest absolute Gasteiger partial charge is 0.317 e. The van der Waals surface area contributed by atoms with Crippen molar-refractivity contribution in [3.8, 4) is 0 Å². The highest BCUT2D eigenvalue weighted by atomic mass is 16.3. The van der Waals surface area contributed by atoms with E-state index < -0.39 is 5.60 Å². The molecule has 1 atom stereocenters. The third-order valence-electron chi connectivity index (χ3n) is 6.75. The zero-order chi connectivity index (χ0) is 18.7. The number of benzene rings is 1. The number of hydrogen-bond donors (Lipinski definition) is 2. The Bertz CT molecular complexity index is 638. The first kappa shape index (κ1) is 18.8. The molecule has 0 aromatic heterocycles. The van der Waals surface area contributed by atoms with Crippen molar-refractivity contribution in [2.24, 2.45) is 0 Å². The predicted molar refractivity (Wildman–Crippen MR) is 107 cm³/mol. The molecule has 5 nitrogen and oxygen atoms in total. The summed E-state index contributed by atoms with van der Waals surface area (Å²) in [6, 6.07) is 9.77. The number of likely N-dealkylation sites (tertiary alicyclic amines) is 2. The summed E-state index contributed by atoms with van der Waals surface area (Å²) in [6.07, 6.45) is 8.97. The summed E-state index contributed by atoms with van der Waals surface area (Å²) >= 11 is 0. The van der Waals surface area contributed by atoms with Crippen LogP contribution in [0.3, 0.4) is 0 Å². The van der Waals surface area contributed by atoms with Crippen LogP contribution in [0.1, 0.15) is 56.9 Å². The molecule has 1 aliphatic carbocycles. The molecule has 0 bridgehead atoms. The van der Waals surface area contributed by atoms with Gasteiger partial charge in [0, 0.05) is 13.1 Å². The second kappa shape index (κ2) is 7.80. The minimum atomic E-state index is -0.923. The number of nitrogens with zero attached hydrogens (tertiary/aromatic N) is 2. The van der Waals surface area contributed by atoms with Gasteiger partial charge in [-0.3, -0.25) is 0 Å². The van der Waals surface area contributed by atoms with E-state index in [1.54, 1.807) is 0 Å². The quantitative estimate of drug-likeness (QED) is 0.855. The van der Waals surface area contributed by atoms with Gasteiger partial charge in [-0.15, -0.1) is 0 Å². The van der Waals surface area contributed by atoms with E-state index in [1.807, 2.05) is 35.2 Å². The molecule has 148 valence electrons. The molecule has 5 heteroatoms. The first-order chi connectivity index (χ1) is 13.1. The minimum Gasteiger partial charge on any atom is -0.383 e. The Morgan fingerprint density at radius 3 is 2.37 bits per heavy atom. The Morgan fingerprint density at radius 2 is 1.67 bits per heavy atom.